The van der Waals surface area contributed by atoms with Crippen LogP contribution in [0.3, 0.4) is 0 Å². The van der Waals surface area contributed by atoms with Crippen LogP contribution in [-0.4, -0.2) is 12.4 Å². The molecule has 0 spiro atoms. The molecule has 0 atom stereocenters. The Hall–Kier alpha value is -3.86. The Morgan fingerprint density at radius 1 is 0.900 bits per heavy atom. The first-order valence-corrected chi connectivity index (χ1v) is 9.52. The molecule has 0 aliphatic rings. The number of aryl methyl sites for hydroxylation is 2. The first-order valence-electron chi connectivity index (χ1n) is 9.52. The lowest BCUT2D eigenvalue weighted by molar-refractivity contribution is 0.0921. The summed E-state index contributed by atoms with van der Waals surface area (Å²) in [7, 11) is 0. The highest BCUT2D eigenvalue weighted by atomic mass is 16.5. The molecule has 0 saturated heterocycles. The second-order valence-corrected chi connectivity index (χ2v) is 7.09. The number of benzene rings is 3. The van der Waals surface area contributed by atoms with E-state index in [2.05, 4.69) is 0 Å². The van der Waals surface area contributed by atoms with Crippen molar-refractivity contribution in [1.82, 2.24) is 0 Å². The topological polar surface area (TPSA) is 65.7 Å². The van der Waals surface area contributed by atoms with Crippen LogP contribution < -0.4 is 14.9 Å². The van der Waals surface area contributed by atoms with Crippen molar-refractivity contribution in [3.8, 4) is 17.2 Å². The molecule has 0 N–H and O–H groups in total. The minimum Gasteiger partial charge on any atom is -0.485 e. The summed E-state index contributed by atoms with van der Waals surface area (Å²) in [5.41, 5.74) is 2.75. The van der Waals surface area contributed by atoms with E-state index in [4.69, 9.17) is 13.9 Å². The quantitative estimate of drug-likeness (QED) is 0.402. The van der Waals surface area contributed by atoms with Crippen LogP contribution in [0.1, 0.15) is 21.5 Å². The van der Waals surface area contributed by atoms with E-state index in [1.54, 1.807) is 42.5 Å². The molecule has 1 heterocycles. The fourth-order valence-corrected chi connectivity index (χ4v) is 3.23. The summed E-state index contributed by atoms with van der Waals surface area (Å²) in [5.74, 6) is 1.01. The summed E-state index contributed by atoms with van der Waals surface area (Å²) < 4.78 is 16.9. The van der Waals surface area contributed by atoms with Crippen molar-refractivity contribution >= 4 is 16.8 Å². The Morgan fingerprint density at radius 2 is 1.63 bits per heavy atom. The molecule has 0 bridgehead atoms. The molecule has 0 amide bonds. The zero-order valence-corrected chi connectivity index (χ0v) is 16.7. The van der Waals surface area contributed by atoms with Gasteiger partial charge in [-0.05, 0) is 49.2 Å². The van der Waals surface area contributed by atoms with Gasteiger partial charge < -0.3 is 13.9 Å². The first kappa shape index (κ1) is 19.5. The summed E-state index contributed by atoms with van der Waals surface area (Å²) in [5, 5.41) is 0.374. The summed E-state index contributed by atoms with van der Waals surface area (Å²) in [6.45, 7) is 3.83. The second-order valence-electron chi connectivity index (χ2n) is 7.09. The van der Waals surface area contributed by atoms with Gasteiger partial charge in [0.2, 0.25) is 11.2 Å². The predicted octanol–water partition coefficient (Wildman–Crippen LogP) is 5.46. The van der Waals surface area contributed by atoms with Crippen molar-refractivity contribution < 1.29 is 18.7 Å². The fraction of sp³-hybridized carbons (Fsp3) is 0.120. The molecule has 0 unspecified atom stereocenters. The summed E-state index contributed by atoms with van der Waals surface area (Å²) >= 11 is 0. The minimum atomic E-state index is -0.276. The molecule has 0 radical (unpaired) electrons. The number of ketones is 1. The molecule has 3 aromatic carbocycles. The van der Waals surface area contributed by atoms with E-state index in [-0.39, 0.29) is 23.6 Å². The fourth-order valence-electron chi connectivity index (χ4n) is 3.23. The van der Waals surface area contributed by atoms with Crippen molar-refractivity contribution in [1.29, 1.82) is 0 Å². The predicted molar refractivity (Wildman–Crippen MR) is 115 cm³/mol. The van der Waals surface area contributed by atoms with Crippen LogP contribution >= 0.6 is 0 Å². The molecular formula is C25H20O5. The van der Waals surface area contributed by atoms with Gasteiger partial charge >= 0.3 is 0 Å². The van der Waals surface area contributed by atoms with Crippen LogP contribution in [0.25, 0.3) is 11.0 Å². The van der Waals surface area contributed by atoms with Gasteiger partial charge in [-0.25, -0.2) is 0 Å². The van der Waals surface area contributed by atoms with Gasteiger partial charge in [-0.2, -0.15) is 0 Å². The molecule has 0 fully saturated rings. The summed E-state index contributed by atoms with van der Waals surface area (Å²) in [6, 6.07) is 19.5. The summed E-state index contributed by atoms with van der Waals surface area (Å²) in [4.78, 5) is 25.0. The van der Waals surface area contributed by atoms with Crippen LogP contribution in [0.4, 0.5) is 0 Å². The molecule has 1 aromatic heterocycles. The van der Waals surface area contributed by atoms with Gasteiger partial charge in [0.1, 0.15) is 23.3 Å². The van der Waals surface area contributed by atoms with Gasteiger partial charge in [-0.15, -0.1) is 0 Å². The largest absolute Gasteiger partial charge is 0.485 e. The van der Waals surface area contributed by atoms with Crippen molar-refractivity contribution in [2.75, 3.05) is 6.61 Å². The van der Waals surface area contributed by atoms with Crippen LogP contribution in [0.2, 0.25) is 0 Å². The van der Waals surface area contributed by atoms with E-state index in [9.17, 15) is 9.59 Å². The summed E-state index contributed by atoms with van der Waals surface area (Å²) in [6.07, 6.45) is 1.29. The Bertz CT molecular complexity index is 1250. The highest BCUT2D eigenvalue weighted by molar-refractivity contribution is 5.97. The third-order valence-corrected chi connectivity index (χ3v) is 4.60. The third kappa shape index (κ3) is 4.25. The monoisotopic (exact) mass is 400 g/mol. The minimum absolute atomic E-state index is 0.104. The van der Waals surface area contributed by atoms with Gasteiger partial charge in [0, 0.05) is 11.6 Å². The van der Waals surface area contributed by atoms with E-state index >= 15 is 0 Å². The standard InChI is InChI=1S/C25H20O5/c1-16-10-17(2)12-20(11-16)30-24-15-29-23-13-19(8-9-21(23)25(24)27)28-14-22(26)18-6-4-3-5-7-18/h3-13,15H,14H2,1-2H3. The number of hydrogen-bond donors (Lipinski definition) is 0. The average molecular weight is 400 g/mol. The SMILES string of the molecule is Cc1cc(C)cc(Oc2coc3cc(OCC(=O)c4ccccc4)ccc3c2=O)c1. The van der Waals surface area contributed by atoms with Gasteiger partial charge in [-0.1, -0.05) is 36.4 Å². The number of hydrogen-bond acceptors (Lipinski definition) is 5. The molecule has 0 saturated carbocycles. The smallest absolute Gasteiger partial charge is 0.235 e. The van der Waals surface area contributed by atoms with E-state index in [1.165, 1.54) is 6.26 Å². The first-order chi connectivity index (χ1) is 14.5. The third-order valence-electron chi connectivity index (χ3n) is 4.60. The van der Waals surface area contributed by atoms with Crippen LogP contribution in [0.15, 0.2) is 82.2 Å². The lowest BCUT2D eigenvalue weighted by Gasteiger charge is -2.09. The normalized spacial score (nSPS) is 10.7. The zero-order valence-electron chi connectivity index (χ0n) is 16.7. The molecule has 0 aliphatic carbocycles. The number of ether oxygens (including phenoxy) is 2. The van der Waals surface area contributed by atoms with Crippen molar-refractivity contribution in [3.05, 3.63) is 99.9 Å². The zero-order chi connectivity index (χ0) is 21.1. The van der Waals surface area contributed by atoms with E-state index in [1.807, 2.05) is 38.1 Å². The Kier molecular flexibility index (Phi) is 5.35. The molecule has 5 nitrogen and oxygen atoms in total. The average Bonchev–Trinajstić information content (AvgIpc) is 2.74. The maximum atomic E-state index is 12.8. The number of rotatable bonds is 6. The number of fused-ring (bicyclic) bond motifs is 1. The molecule has 150 valence electrons. The molecular weight excluding hydrogens is 380 g/mol. The van der Waals surface area contributed by atoms with Crippen molar-refractivity contribution in [3.63, 3.8) is 0 Å². The Balaban J connectivity index is 1.53. The molecule has 30 heavy (non-hydrogen) atoms. The van der Waals surface area contributed by atoms with Gasteiger partial charge in [0.15, 0.2) is 12.4 Å². The van der Waals surface area contributed by atoms with E-state index < -0.39 is 0 Å². The van der Waals surface area contributed by atoms with Gasteiger partial charge in [0.05, 0.1) is 5.39 Å². The van der Waals surface area contributed by atoms with Crippen LogP contribution in [-0.2, 0) is 0 Å². The van der Waals surface area contributed by atoms with Crippen LogP contribution in [0, 0.1) is 13.8 Å². The van der Waals surface area contributed by atoms with E-state index in [0.29, 0.717) is 28.0 Å². The maximum absolute atomic E-state index is 12.8. The molecule has 5 heteroatoms. The number of Topliss-reactive ketones (excluding diaryl/α,β-unsaturated/α-hetero) is 1. The van der Waals surface area contributed by atoms with Crippen molar-refractivity contribution in [2.45, 2.75) is 13.8 Å². The molecule has 4 rings (SSSR count). The van der Waals surface area contributed by atoms with E-state index in [0.717, 1.165) is 11.1 Å². The highest BCUT2D eigenvalue weighted by Gasteiger charge is 2.12. The Labute approximate surface area is 173 Å². The highest BCUT2D eigenvalue weighted by Crippen LogP contribution is 2.25. The Morgan fingerprint density at radius 3 is 2.37 bits per heavy atom. The lowest BCUT2D eigenvalue weighted by Crippen LogP contribution is -2.11. The van der Waals surface area contributed by atoms with Crippen molar-refractivity contribution in [2.24, 2.45) is 0 Å². The second kappa shape index (κ2) is 8.25. The molecule has 4 aromatic rings. The van der Waals surface area contributed by atoms with Gasteiger partial charge in [-0.3, -0.25) is 9.59 Å². The molecule has 0 aliphatic heterocycles. The number of carbonyl (C=O) groups is 1. The maximum Gasteiger partial charge on any atom is 0.235 e. The lowest BCUT2D eigenvalue weighted by atomic mass is 10.1. The van der Waals surface area contributed by atoms with Gasteiger partial charge in [0.25, 0.3) is 0 Å². The van der Waals surface area contributed by atoms with Crippen LogP contribution in [0.5, 0.6) is 17.2 Å². The number of carbonyl (C=O) groups excluding carboxylic acids is 1.